The van der Waals surface area contributed by atoms with E-state index in [9.17, 15) is 4.79 Å². The summed E-state index contributed by atoms with van der Waals surface area (Å²) in [5, 5.41) is 7.99. The molecule has 1 aromatic heterocycles. The van der Waals surface area contributed by atoms with Gasteiger partial charge in [-0.1, -0.05) is 47.7 Å². The fourth-order valence-electron chi connectivity index (χ4n) is 2.28. The van der Waals surface area contributed by atoms with Gasteiger partial charge >= 0.3 is 6.03 Å². The first-order chi connectivity index (χ1) is 10.2. The lowest BCUT2D eigenvalue weighted by Crippen LogP contribution is -2.34. The van der Waals surface area contributed by atoms with Crippen LogP contribution in [0.5, 0.6) is 0 Å². The summed E-state index contributed by atoms with van der Waals surface area (Å²) in [6.07, 6.45) is 0. The molecule has 106 valence electrons. The van der Waals surface area contributed by atoms with Crippen molar-refractivity contribution in [1.29, 1.82) is 0 Å². The van der Waals surface area contributed by atoms with Gasteiger partial charge in [-0.3, -0.25) is 0 Å². The Balaban J connectivity index is 1.91. The number of carbonyl (C=O) groups is 1. The molecule has 0 aliphatic carbocycles. The van der Waals surface area contributed by atoms with Gasteiger partial charge in [0, 0.05) is 7.05 Å². The molecule has 1 amide bonds. The molecule has 0 fully saturated rings. The van der Waals surface area contributed by atoms with Gasteiger partial charge in [-0.2, -0.15) is 4.68 Å². The van der Waals surface area contributed by atoms with Crippen LogP contribution < -0.4 is 0 Å². The second-order valence-corrected chi connectivity index (χ2v) is 4.97. The quantitative estimate of drug-likeness (QED) is 0.724. The van der Waals surface area contributed by atoms with Crippen LogP contribution in [0.4, 0.5) is 4.79 Å². The fraction of sp³-hybridized carbons (Fsp3) is 0.188. The van der Waals surface area contributed by atoms with E-state index in [0.29, 0.717) is 5.52 Å². The van der Waals surface area contributed by atoms with E-state index in [1.54, 1.807) is 11.9 Å². The molecular formula is C16H16N4O. The molecule has 1 heterocycles. The largest absolute Gasteiger partial charge is 0.346 e. The molecular weight excluding hydrogens is 264 g/mol. The molecule has 1 atom stereocenters. The molecule has 0 N–H and O–H groups in total. The van der Waals surface area contributed by atoms with Crippen molar-refractivity contribution >= 4 is 17.1 Å². The molecule has 0 aliphatic rings. The van der Waals surface area contributed by atoms with Crippen molar-refractivity contribution in [2.24, 2.45) is 0 Å². The lowest BCUT2D eigenvalue weighted by atomic mass is 10.1. The third-order valence-corrected chi connectivity index (χ3v) is 3.70. The second-order valence-electron chi connectivity index (χ2n) is 4.97. The normalized spacial score (nSPS) is 12.3. The summed E-state index contributed by atoms with van der Waals surface area (Å²) in [6.45, 7) is 1.99. The third-order valence-electron chi connectivity index (χ3n) is 3.70. The number of carbonyl (C=O) groups excluding carboxylic acids is 1. The highest BCUT2D eigenvalue weighted by Crippen LogP contribution is 2.20. The van der Waals surface area contributed by atoms with E-state index in [2.05, 4.69) is 10.3 Å². The van der Waals surface area contributed by atoms with E-state index in [-0.39, 0.29) is 12.1 Å². The van der Waals surface area contributed by atoms with Crippen molar-refractivity contribution < 1.29 is 4.79 Å². The lowest BCUT2D eigenvalue weighted by molar-refractivity contribution is 0.193. The maximum Gasteiger partial charge on any atom is 0.346 e. The maximum atomic E-state index is 12.6. The van der Waals surface area contributed by atoms with E-state index in [0.717, 1.165) is 11.1 Å². The monoisotopic (exact) mass is 280 g/mol. The fourth-order valence-corrected chi connectivity index (χ4v) is 2.28. The molecule has 0 saturated carbocycles. The van der Waals surface area contributed by atoms with Crippen molar-refractivity contribution in [3.05, 3.63) is 60.2 Å². The first kappa shape index (κ1) is 13.3. The Bertz CT molecular complexity index is 766. The molecule has 3 rings (SSSR count). The smallest absolute Gasteiger partial charge is 0.319 e. The number of hydrogen-bond acceptors (Lipinski definition) is 3. The molecule has 2 aromatic carbocycles. The van der Waals surface area contributed by atoms with Crippen molar-refractivity contribution in [1.82, 2.24) is 19.9 Å². The number of rotatable bonds is 2. The van der Waals surface area contributed by atoms with Gasteiger partial charge < -0.3 is 4.90 Å². The maximum absolute atomic E-state index is 12.6. The van der Waals surface area contributed by atoms with E-state index in [4.69, 9.17) is 0 Å². The zero-order valence-electron chi connectivity index (χ0n) is 12.0. The van der Waals surface area contributed by atoms with E-state index in [1.165, 1.54) is 4.68 Å². The first-order valence-corrected chi connectivity index (χ1v) is 6.81. The van der Waals surface area contributed by atoms with Gasteiger partial charge in [0.1, 0.15) is 5.52 Å². The number of benzene rings is 2. The van der Waals surface area contributed by atoms with Crippen LogP contribution in [0.15, 0.2) is 54.6 Å². The van der Waals surface area contributed by atoms with E-state index >= 15 is 0 Å². The van der Waals surface area contributed by atoms with Gasteiger partial charge in [-0.25, -0.2) is 4.79 Å². The van der Waals surface area contributed by atoms with Crippen LogP contribution in [0.1, 0.15) is 18.5 Å². The van der Waals surface area contributed by atoms with Gasteiger partial charge in [-0.15, -0.1) is 5.10 Å². The minimum absolute atomic E-state index is 0.0401. The summed E-state index contributed by atoms with van der Waals surface area (Å²) in [7, 11) is 1.77. The Morgan fingerprint density at radius 3 is 2.52 bits per heavy atom. The highest BCUT2D eigenvalue weighted by Gasteiger charge is 2.21. The Morgan fingerprint density at radius 2 is 1.76 bits per heavy atom. The van der Waals surface area contributed by atoms with Crippen LogP contribution in [0.25, 0.3) is 11.0 Å². The average Bonchev–Trinajstić information content (AvgIpc) is 2.97. The standard InChI is InChI=1S/C16H16N4O/c1-12(13-8-4-3-5-9-13)19(2)16(21)20-15-11-7-6-10-14(15)17-18-20/h3-12H,1-2H3. The molecule has 0 spiro atoms. The van der Waals surface area contributed by atoms with Gasteiger partial charge in [-0.05, 0) is 24.6 Å². The van der Waals surface area contributed by atoms with Gasteiger partial charge in [0.05, 0.1) is 11.6 Å². The molecule has 0 aliphatic heterocycles. The van der Waals surface area contributed by atoms with Gasteiger partial charge in [0.2, 0.25) is 0 Å². The number of amides is 1. The summed E-state index contributed by atoms with van der Waals surface area (Å²) in [6, 6.07) is 17.1. The van der Waals surface area contributed by atoms with Crippen molar-refractivity contribution in [3.8, 4) is 0 Å². The molecule has 0 saturated heterocycles. The lowest BCUT2D eigenvalue weighted by Gasteiger charge is -2.24. The molecule has 0 bridgehead atoms. The Labute approximate surface area is 122 Å². The van der Waals surface area contributed by atoms with Crippen LogP contribution in [-0.4, -0.2) is 33.0 Å². The Morgan fingerprint density at radius 1 is 1.10 bits per heavy atom. The topological polar surface area (TPSA) is 51.0 Å². The van der Waals surface area contributed by atoms with Crippen LogP contribution >= 0.6 is 0 Å². The van der Waals surface area contributed by atoms with Crippen molar-refractivity contribution in [2.75, 3.05) is 7.05 Å². The average molecular weight is 280 g/mol. The summed E-state index contributed by atoms with van der Waals surface area (Å²) < 4.78 is 1.34. The molecule has 1 unspecified atom stereocenters. The van der Waals surface area contributed by atoms with Crippen LogP contribution in [0.3, 0.4) is 0 Å². The molecule has 5 nitrogen and oxygen atoms in total. The number of aromatic nitrogens is 3. The van der Waals surface area contributed by atoms with Crippen molar-refractivity contribution in [3.63, 3.8) is 0 Å². The predicted octanol–water partition coefficient (Wildman–Crippen LogP) is 3.09. The van der Waals surface area contributed by atoms with Crippen LogP contribution in [-0.2, 0) is 0 Å². The van der Waals surface area contributed by atoms with Crippen molar-refractivity contribution in [2.45, 2.75) is 13.0 Å². The zero-order chi connectivity index (χ0) is 14.8. The highest BCUT2D eigenvalue weighted by molar-refractivity contribution is 5.87. The second kappa shape index (κ2) is 5.36. The molecule has 5 heteroatoms. The number of para-hydroxylation sites is 1. The van der Waals surface area contributed by atoms with Gasteiger partial charge in [0.15, 0.2) is 0 Å². The predicted molar refractivity (Wildman–Crippen MR) is 80.9 cm³/mol. The van der Waals surface area contributed by atoms with Crippen LogP contribution in [0.2, 0.25) is 0 Å². The van der Waals surface area contributed by atoms with Crippen LogP contribution in [0, 0.1) is 0 Å². The third kappa shape index (κ3) is 2.38. The minimum atomic E-state index is -0.194. The molecule has 3 aromatic rings. The Hall–Kier alpha value is -2.69. The SMILES string of the molecule is CC(c1ccccc1)N(C)C(=O)n1nnc2ccccc21. The van der Waals surface area contributed by atoms with E-state index < -0.39 is 0 Å². The zero-order valence-corrected chi connectivity index (χ0v) is 12.0. The first-order valence-electron chi connectivity index (χ1n) is 6.81. The number of fused-ring (bicyclic) bond motifs is 1. The van der Waals surface area contributed by atoms with E-state index in [1.807, 2.05) is 61.5 Å². The summed E-state index contributed by atoms with van der Waals surface area (Å²) in [5.41, 5.74) is 2.51. The molecule has 21 heavy (non-hydrogen) atoms. The minimum Gasteiger partial charge on any atom is -0.319 e. The highest BCUT2D eigenvalue weighted by atomic mass is 16.2. The number of hydrogen-bond donors (Lipinski definition) is 0. The summed E-state index contributed by atoms with van der Waals surface area (Å²) in [5.74, 6) is 0. The number of nitrogens with zero attached hydrogens (tertiary/aromatic N) is 4. The summed E-state index contributed by atoms with van der Waals surface area (Å²) in [4.78, 5) is 14.3. The summed E-state index contributed by atoms with van der Waals surface area (Å²) >= 11 is 0. The van der Waals surface area contributed by atoms with Gasteiger partial charge in [0.25, 0.3) is 0 Å². The molecule has 0 radical (unpaired) electrons. The Kier molecular flexibility index (Phi) is 3.39.